The van der Waals surface area contributed by atoms with Crippen LogP contribution < -0.4 is 10.1 Å². The van der Waals surface area contributed by atoms with Gasteiger partial charge in [-0.3, -0.25) is 9.59 Å². The molecule has 1 saturated heterocycles. The molecule has 2 aromatic carbocycles. The highest BCUT2D eigenvalue weighted by atomic mass is 16.5. The van der Waals surface area contributed by atoms with Crippen molar-refractivity contribution in [3.63, 3.8) is 0 Å². The summed E-state index contributed by atoms with van der Waals surface area (Å²) in [5.74, 6) is 0.282. The number of hydrogen-bond donors (Lipinski definition) is 1. The van der Waals surface area contributed by atoms with Crippen molar-refractivity contribution in [1.82, 2.24) is 25.2 Å². The molecule has 1 fully saturated rings. The number of likely N-dealkylation sites (tertiary alicyclic amines) is 1. The van der Waals surface area contributed by atoms with Gasteiger partial charge in [0.15, 0.2) is 5.69 Å². The van der Waals surface area contributed by atoms with E-state index in [0.29, 0.717) is 49.5 Å². The van der Waals surface area contributed by atoms with Crippen LogP contribution in [0, 0.1) is 0 Å². The summed E-state index contributed by atoms with van der Waals surface area (Å²) in [6.07, 6.45) is 3.01. The lowest BCUT2D eigenvalue weighted by Crippen LogP contribution is -2.46. The smallest absolute Gasteiger partial charge is 0.276 e. The summed E-state index contributed by atoms with van der Waals surface area (Å²) in [6, 6.07) is 16.8. The fourth-order valence-corrected chi connectivity index (χ4v) is 3.66. The van der Waals surface area contributed by atoms with E-state index in [2.05, 4.69) is 15.6 Å². The number of nitrogens with one attached hydrogen (secondary N) is 1. The molecule has 8 nitrogen and oxygen atoms in total. The van der Waals surface area contributed by atoms with E-state index in [1.165, 1.54) is 0 Å². The summed E-state index contributed by atoms with van der Waals surface area (Å²) < 4.78 is 7.14. The zero-order valence-corrected chi connectivity index (χ0v) is 17.4. The Morgan fingerprint density at radius 2 is 1.77 bits per heavy atom. The maximum Gasteiger partial charge on any atom is 0.276 e. The molecule has 31 heavy (non-hydrogen) atoms. The Kier molecular flexibility index (Phi) is 6.26. The molecule has 3 aromatic rings. The van der Waals surface area contributed by atoms with E-state index in [-0.39, 0.29) is 17.9 Å². The average Bonchev–Trinajstić information content (AvgIpc) is 3.31. The maximum absolute atomic E-state index is 12.8. The minimum atomic E-state index is -0.153. The standard InChI is InChI=1S/C23H25N5O3/c1-2-31-21-11-7-6-10-19(21)22(29)24-17-12-14-27(15-13-17)23(30)20-16-28(26-25-20)18-8-4-3-5-9-18/h3-11,16-17H,2,12-15H2,1H3,(H,24,29). The van der Waals surface area contributed by atoms with Crippen molar-refractivity contribution in [2.45, 2.75) is 25.8 Å². The first-order valence-electron chi connectivity index (χ1n) is 10.5. The third kappa shape index (κ3) is 4.74. The van der Waals surface area contributed by atoms with Gasteiger partial charge in [-0.1, -0.05) is 35.5 Å². The van der Waals surface area contributed by atoms with Crippen LogP contribution >= 0.6 is 0 Å². The Hall–Kier alpha value is -3.68. The van der Waals surface area contributed by atoms with E-state index >= 15 is 0 Å². The van der Waals surface area contributed by atoms with Crippen LogP contribution in [0.5, 0.6) is 5.75 Å². The van der Waals surface area contributed by atoms with Gasteiger partial charge in [0.05, 0.1) is 24.1 Å². The third-order valence-electron chi connectivity index (χ3n) is 5.28. The number of aromatic nitrogens is 3. The van der Waals surface area contributed by atoms with Gasteiger partial charge in [-0.25, -0.2) is 4.68 Å². The third-order valence-corrected chi connectivity index (χ3v) is 5.28. The zero-order valence-electron chi connectivity index (χ0n) is 17.4. The van der Waals surface area contributed by atoms with Crippen LogP contribution in [0.25, 0.3) is 5.69 Å². The van der Waals surface area contributed by atoms with E-state index in [4.69, 9.17) is 4.74 Å². The number of ether oxygens (including phenoxy) is 1. The summed E-state index contributed by atoms with van der Waals surface area (Å²) in [5.41, 5.74) is 1.69. The van der Waals surface area contributed by atoms with Crippen LogP contribution in [0.1, 0.15) is 40.6 Å². The van der Waals surface area contributed by atoms with E-state index in [0.717, 1.165) is 5.69 Å². The zero-order chi connectivity index (χ0) is 21.6. The Morgan fingerprint density at radius 1 is 1.06 bits per heavy atom. The number of benzene rings is 2. The number of amides is 2. The molecule has 1 aliphatic rings. The second-order valence-electron chi connectivity index (χ2n) is 7.35. The molecule has 0 saturated carbocycles. The molecule has 0 atom stereocenters. The molecule has 1 aromatic heterocycles. The normalized spacial score (nSPS) is 14.3. The second-order valence-corrected chi connectivity index (χ2v) is 7.35. The first kappa shape index (κ1) is 20.6. The monoisotopic (exact) mass is 419 g/mol. The fraction of sp³-hybridized carbons (Fsp3) is 0.304. The number of para-hydroxylation sites is 2. The van der Waals surface area contributed by atoms with Gasteiger partial charge in [0, 0.05) is 19.1 Å². The Labute approximate surface area is 180 Å². The largest absolute Gasteiger partial charge is 0.493 e. The highest BCUT2D eigenvalue weighted by Gasteiger charge is 2.27. The molecule has 2 amide bonds. The van der Waals surface area contributed by atoms with E-state index in [1.807, 2.05) is 49.4 Å². The number of rotatable bonds is 6. The lowest BCUT2D eigenvalue weighted by Gasteiger charge is -2.32. The number of carbonyl (C=O) groups is 2. The van der Waals surface area contributed by atoms with Gasteiger partial charge in [-0.15, -0.1) is 5.10 Å². The molecule has 1 N–H and O–H groups in total. The SMILES string of the molecule is CCOc1ccccc1C(=O)NC1CCN(C(=O)c2cn(-c3ccccc3)nn2)CC1. The van der Waals surface area contributed by atoms with E-state index in [1.54, 1.807) is 27.9 Å². The van der Waals surface area contributed by atoms with Gasteiger partial charge in [0.2, 0.25) is 0 Å². The molecule has 1 aliphatic heterocycles. The first-order valence-corrected chi connectivity index (χ1v) is 10.5. The van der Waals surface area contributed by atoms with E-state index < -0.39 is 0 Å². The fourth-order valence-electron chi connectivity index (χ4n) is 3.66. The van der Waals surface area contributed by atoms with Gasteiger partial charge < -0.3 is 15.0 Å². The van der Waals surface area contributed by atoms with Crippen molar-refractivity contribution in [1.29, 1.82) is 0 Å². The van der Waals surface area contributed by atoms with Crippen molar-refractivity contribution in [2.75, 3.05) is 19.7 Å². The molecule has 160 valence electrons. The van der Waals surface area contributed by atoms with Crippen molar-refractivity contribution in [3.05, 3.63) is 72.1 Å². The van der Waals surface area contributed by atoms with Crippen LogP contribution in [0.2, 0.25) is 0 Å². The Balaban J connectivity index is 1.33. The molecule has 0 unspecified atom stereocenters. The van der Waals surface area contributed by atoms with Gasteiger partial charge in [-0.2, -0.15) is 0 Å². The summed E-state index contributed by atoms with van der Waals surface area (Å²) in [5, 5.41) is 11.2. The second kappa shape index (κ2) is 9.42. The highest BCUT2D eigenvalue weighted by Crippen LogP contribution is 2.19. The predicted molar refractivity (Wildman–Crippen MR) is 115 cm³/mol. The number of carbonyl (C=O) groups excluding carboxylic acids is 2. The number of nitrogens with zero attached hydrogens (tertiary/aromatic N) is 4. The number of piperidine rings is 1. The molecule has 0 radical (unpaired) electrons. The van der Waals surface area contributed by atoms with Crippen molar-refractivity contribution in [3.8, 4) is 11.4 Å². The lowest BCUT2D eigenvalue weighted by atomic mass is 10.0. The minimum Gasteiger partial charge on any atom is -0.493 e. The van der Waals surface area contributed by atoms with Crippen LogP contribution in [-0.2, 0) is 0 Å². The van der Waals surface area contributed by atoms with Crippen molar-refractivity contribution < 1.29 is 14.3 Å². The Bertz CT molecular complexity index is 1040. The van der Waals surface area contributed by atoms with Crippen LogP contribution in [-0.4, -0.2) is 57.4 Å². The highest BCUT2D eigenvalue weighted by molar-refractivity contribution is 5.97. The van der Waals surface area contributed by atoms with E-state index in [9.17, 15) is 9.59 Å². The summed E-state index contributed by atoms with van der Waals surface area (Å²) in [7, 11) is 0. The van der Waals surface area contributed by atoms with Crippen LogP contribution in [0.3, 0.4) is 0 Å². The molecule has 0 aliphatic carbocycles. The average molecular weight is 419 g/mol. The molecular formula is C23H25N5O3. The summed E-state index contributed by atoms with van der Waals surface area (Å²) >= 11 is 0. The van der Waals surface area contributed by atoms with Gasteiger partial charge in [0.1, 0.15) is 5.75 Å². The quantitative estimate of drug-likeness (QED) is 0.664. The van der Waals surface area contributed by atoms with Gasteiger partial charge in [0.25, 0.3) is 11.8 Å². The van der Waals surface area contributed by atoms with Gasteiger partial charge in [-0.05, 0) is 44.0 Å². The summed E-state index contributed by atoms with van der Waals surface area (Å²) in [4.78, 5) is 27.3. The Morgan fingerprint density at radius 3 is 2.52 bits per heavy atom. The first-order chi connectivity index (χ1) is 15.2. The van der Waals surface area contributed by atoms with Crippen molar-refractivity contribution in [2.24, 2.45) is 0 Å². The van der Waals surface area contributed by atoms with Gasteiger partial charge >= 0.3 is 0 Å². The molecule has 8 heteroatoms. The predicted octanol–water partition coefficient (Wildman–Crippen LogP) is 2.70. The maximum atomic E-state index is 12.8. The molecule has 0 spiro atoms. The van der Waals surface area contributed by atoms with Crippen LogP contribution in [0.15, 0.2) is 60.8 Å². The number of hydrogen-bond acceptors (Lipinski definition) is 5. The molecule has 2 heterocycles. The molecule has 0 bridgehead atoms. The minimum absolute atomic E-state index is 0.00577. The molecule has 4 rings (SSSR count). The lowest BCUT2D eigenvalue weighted by molar-refractivity contribution is 0.0692. The summed E-state index contributed by atoms with van der Waals surface area (Å²) in [6.45, 7) is 3.49. The van der Waals surface area contributed by atoms with Crippen molar-refractivity contribution >= 4 is 11.8 Å². The topological polar surface area (TPSA) is 89.4 Å². The molecular weight excluding hydrogens is 394 g/mol. The van der Waals surface area contributed by atoms with Crippen LogP contribution in [0.4, 0.5) is 0 Å².